The van der Waals surface area contributed by atoms with Gasteiger partial charge < -0.3 is 9.84 Å². The minimum absolute atomic E-state index is 0.246. The summed E-state index contributed by atoms with van der Waals surface area (Å²) >= 11 is 1.68. The van der Waals surface area contributed by atoms with E-state index in [2.05, 4.69) is 21.2 Å². The SMILES string of the molecule is COc1cccc(-c2nc(CN3CCN(CCO)CC3)cs2)c1. The lowest BCUT2D eigenvalue weighted by Crippen LogP contribution is -2.46. The highest BCUT2D eigenvalue weighted by Crippen LogP contribution is 2.27. The maximum atomic E-state index is 9.00. The first-order chi connectivity index (χ1) is 11.3. The Bertz CT molecular complexity index is 624. The third kappa shape index (κ3) is 4.29. The third-order valence-electron chi connectivity index (χ3n) is 4.14. The molecule has 1 aliphatic heterocycles. The van der Waals surface area contributed by atoms with Gasteiger partial charge in [-0.15, -0.1) is 11.3 Å². The number of nitrogens with zero attached hydrogens (tertiary/aromatic N) is 3. The molecule has 5 nitrogen and oxygen atoms in total. The second kappa shape index (κ2) is 7.88. The van der Waals surface area contributed by atoms with Gasteiger partial charge in [-0.25, -0.2) is 4.98 Å². The molecule has 2 aromatic rings. The first-order valence-electron chi connectivity index (χ1n) is 7.93. The van der Waals surface area contributed by atoms with E-state index in [9.17, 15) is 0 Å². The van der Waals surface area contributed by atoms with E-state index < -0.39 is 0 Å². The van der Waals surface area contributed by atoms with Gasteiger partial charge in [0.1, 0.15) is 10.8 Å². The molecular weight excluding hydrogens is 310 g/mol. The molecule has 3 rings (SSSR count). The van der Waals surface area contributed by atoms with Crippen molar-refractivity contribution in [3.63, 3.8) is 0 Å². The van der Waals surface area contributed by atoms with Crippen LogP contribution in [-0.4, -0.2) is 66.3 Å². The van der Waals surface area contributed by atoms with Crippen molar-refractivity contribution in [2.24, 2.45) is 0 Å². The largest absolute Gasteiger partial charge is 0.497 e. The minimum Gasteiger partial charge on any atom is -0.497 e. The zero-order valence-corrected chi connectivity index (χ0v) is 14.3. The number of β-amino-alcohol motifs (C(OH)–C–C–N with tert-alkyl or cyclic N) is 1. The Morgan fingerprint density at radius 3 is 2.74 bits per heavy atom. The summed E-state index contributed by atoms with van der Waals surface area (Å²) in [5.41, 5.74) is 2.23. The lowest BCUT2D eigenvalue weighted by atomic mass is 10.2. The Kier molecular flexibility index (Phi) is 5.61. The monoisotopic (exact) mass is 333 g/mol. The Morgan fingerprint density at radius 1 is 1.22 bits per heavy atom. The van der Waals surface area contributed by atoms with Crippen LogP contribution in [0.15, 0.2) is 29.6 Å². The maximum absolute atomic E-state index is 9.00. The average Bonchev–Trinajstić information content (AvgIpc) is 3.05. The van der Waals surface area contributed by atoms with Crippen molar-refractivity contribution >= 4 is 11.3 Å². The van der Waals surface area contributed by atoms with Crippen LogP contribution in [-0.2, 0) is 6.54 Å². The molecule has 1 fully saturated rings. The number of thiazole rings is 1. The molecule has 6 heteroatoms. The minimum atomic E-state index is 0.246. The smallest absolute Gasteiger partial charge is 0.123 e. The summed E-state index contributed by atoms with van der Waals surface area (Å²) in [6.07, 6.45) is 0. The van der Waals surface area contributed by atoms with E-state index in [4.69, 9.17) is 14.8 Å². The Hall–Kier alpha value is -1.47. The van der Waals surface area contributed by atoms with E-state index in [-0.39, 0.29) is 6.61 Å². The van der Waals surface area contributed by atoms with E-state index in [1.807, 2.05) is 18.2 Å². The molecule has 0 radical (unpaired) electrons. The van der Waals surface area contributed by atoms with Gasteiger partial charge in [0.05, 0.1) is 19.4 Å². The summed E-state index contributed by atoms with van der Waals surface area (Å²) in [5, 5.41) is 12.2. The van der Waals surface area contributed by atoms with Gasteiger partial charge >= 0.3 is 0 Å². The van der Waals surface area contributed by atoms with Crippen LogP contribution in [0, 0.1) is 0 Å². The van der Waals surface area contributed by atoms with Crippen LogP contribution in [0.4, 0.5) is 0 Å². The lowest BCUT2D eigenvalue weighted by Gasteiger charge is -2.33. The van der Waals surface area contributed by atoms with E-state index in [0.29, 0.717) is 0 Å². The van der Waals surface area contributed by atoms with Crippen LogP contribution in [0.3, 0.4) is 0 Å². The lowest BCUT2D eigenvalue weighted by molar-refractivity contribution is 0.108. The van der Waals surface area contributed by atoms with E-state index in [1.54, 1.807) is 18.4 Å². The number of piperazine rings is 1. The zero-order chi connectivity index (χ0) is 16.1. The van der Waals surface area contributed by atoms with Crippen molar-refractivity contribution < 1.29 is 9.84 Å². The van der Waals surface area contributed by atoms with Crippen LogP contribution in [0.25, 0.3) is 10.6 Å². The molecule has 0 atom stereocenters. The molecule has 23 heavy (non-hydrogen) atoms. The van der Waals surface area contributed by atoms with Crippen LogP contribution in [0.2, 0.25) is 0 Å². The fourth-order valence-corrected chi connectivity index (χ4v) is 3.62. The van der Waals surface area contributed by atoms with Gasteiger partial charge in [-0.2, -0.15) is 0 Å². The zero-order valence-electron chi connectivity index (χ0n) is 13.4. The highest BCUT2D eigenvalue weighted by Gasteiger charge is 2.17. The number of aromatic nitrogens is 1. The number of methoxy groups -OCH3 is 1. The van der Waals surface area contributed by atoms with E-state index >= 15 is 0 Å². The summed E-state index contributed by atoms with van der Waals surface area (Å²) < 4.78 is 5.28. The highest BCUT2D eigenvalue weighted by molar-refractivity contribution is 7.13. The molecule has 124 valence electrons. The number of hydrogen-bond donors (Lipinski definition) is 1. The second-order valence-electron chi connectivity index (χ2n) is 5.72. The quantitative estimate of drug-likeness (QED) is 0.875. The molecule has 1 aromatic carbocycles. The molecule has 0 aliphatic carbocycles. The van der Waals surface area contributed by atoms with Crippen molar-refractivity contribution in [1.82, 2.24) is 14.8 Å². The molecular formula is C17H23N3O2S. The number of ether oxygens (including phenoxy) is 1. The predicted octanol–water partition coefficient (Wildman–Crippen LogP) is 1.93. The Labute approximate surface area is 141 Å². The summed E-state index contributed by atoms with van der Waals surface area (Å²) in [7, 11) is 1.68. The van der Waals surface area contributed by atoms with Gasteiger partial charge in [-0.3, -0.25) is 9.80 Å². The molecule has 1 aliphatic rings. The van der Waals surface area contributed by atoms with Gasteiger partial charge in [-0.1, -0.05) is 12.1 Å². The number of aliphatic hydroxyl groups excluding tert-OH is 1. The van der Waals surface area contributed by atoms with Gasteiger partial charge in [0.25, 0.3) is 0 Å². The summed E-state index contributed by atoms with van der Waals surface area (Å²) in [4.78, 5) is 9.51. The number of hydrogen-bond acceptors (Lipinski definition) is 6. The molecule has 0 spiro atoms. The van der Waals surface area contributed by atoms with Crippen molar-refractivity contribution in [3.8, 4) is 16.3 Å². The van der Waals surface area contributed by atoms with Crippen LogP contribution in [0.1, 0.15) is 5.69 Å². The fourth-order valence-electron chi connectivity index (χ4n) is 2.81. The van der Waals surface area contributed by atoms with Crippen LogP contribution in [0.5, 0.6) is 5.75 Å². The molecule has 0 saturated carbocycles. The molecule has 0 unspecified atom stereocenters. The van der Waals surface area contributed by atoms with Crippen molar-refractivity contribution in [2.45, 2.75) is 6.54 Å². The van der Waals surface area contributed by atoms with Gasteiger partial charge in [0, 0.05) is 50.2 Å². The van der Waals surface area contributed by atoms with Crippen LogP contribution >= 0.6 is 11.3 Å². The molecule has 0 bridgehead atoms. The second-order valence-corrected chi connectivity index (χ2v) is 6.58. The summed E-state index contributed by atoms with van der Waals surface area (Å²) in [6, 6.07) is 8.04. The van der Waals surface area contributed by atoms with Crippen molar-refractivity contribution in [3.05, 3.63) is 35.3 Å². The number of aliphatic hydroxyl groups is 1. The van der Waals surface area contributed by atoms with Gasteiger partial charge in [0.15, 0.2) is 0 Å². The number of benzene rings is 1. The Balaban J connectivity index is 1.59. The normalized spacial score (nSPS) is 16.6. The average molecular weight is 333 g/mol. The van der Waals surface area contributed by atoms with Crippen molar-refractivity contribution in [1.29, 1.82) is 0 Å². The molecule has 0 amide bonds. The number of rotatable bonds is 6. The third-order valence-corrected chi connectivity index (χ3v) is 5.08. The fraction of sp³-hybridized carbons (Fsp3) is 0.471. The van der Waals surface area contributed by atoms with E-state index in [1.165, 1.54) is 0 Å². The standard InChI is InChI=1S/C17H23N3O2S/c1-22-16-4-2-3-14(11-16)17-18-15(13-23-17)12-20-7-5-19(6-8-20)9-10-21/h2-4,11,13,21H,5-10,12H2,1H3. The van der Waals surface area contributed by atoms with Gasteiger partial charge in [0.2, 0.25) is 0 Å². The first-order valence-corrected chi connectivity index (χ1v) is 8.81. The first kappa shape index (κ1) is 16.4. The summed E-state index contributed by atoms with van der Waals surface area (Å²) in [5.74, 6) is 0.860. The van der Waals surface area contributed by atoms with Gasteiger partial charge in [-0.05, 0) is 12.1 Å². The predicted molar refractivity (Wildman–Crippen MR) is 92.9 cm³/mol. The highest BCUT2D eigenvalue weighted by atomic mass is 32.1. The molecule has 1 aromatic heterocycles. The van der Waals surface area contributed by atoms with Crippen molar-refractivity contribution in [2.75, 3.05) is 46.4 Å². The molecule has 1 N–H and O–H groups in total. The Morgan fingerprint density at radius 2 is 2.00 bits per heavy atom. The van der Waals surface area contributed by atoms with Crippen LogP contribution < -0.4 is 4.74 Å². The molecule has 1 saturated heterocycles. The topological polar surface area (TPSA) is 48.8 Å². The summed E-state index contributed by atoms with van der Waals surface area (Å²) in [6.45, 7) is 6.03. The maximum Gasteiger partial charge on any atom is 0.123 e. The van der Waals surface area contributed by atoms with E-state index in [0.717, 1.165) is 61.3 Å². The molecule has 2 heterocycles.